The SMILES string of the molecule is CC[C@H](C)[C@@H]([C@H](CCOC)CC(=O)N1C[C@@H](OC(=O)NCCNC(=O)OCc2ccc(NC(=O)C(CCCNC(N)=O)NC(=O)C(NC(=O)CCCCCN3C(=O)CC(SCC4(CC(=O)O)CC4)C3=O)C(C)C)cc2)CC1[C@H](OC)[C@@H](C)C(=O)NCC(=O)c1ccc(OC)c(F)c1)N(C)C(=O)C(NC(=O)[C@H](C(C)C)N(C)C)C(C)C. The number of unbranched alkanes of at least 4 members (excludes halogenated alkanes) is 2. The van der Waals surface area contributed by atoms with E-state index in [0.717, 1.165) is 18.9 Å². The van der Waals surface area contributed by atoms with Gasteiger partial charge in [-0.25, -0.2) is 18.8 Å². The zero-order valence-electron chi connectivity index (χ0n) is 69.3. The van der Waals surface area contributed by atoms with Gasteiger partial charge in [0.1, 0.15) is 30.8 Å². The number of anilines is 1. The number of nitrogens with two attached hydrogens (primary N) is 1. The molecule has 12 atom stereocenters. The van der Waals surface area contributed by atoms with Gasteiger partial charge < -0.3 is 86.9 Å². The number of imide groups is 1. The Morgan fingerprint density at radius 1 is 0.748 bits per heavy atom. The quantitative estimate of drug-likeness (QED) is 0.0214. The molecule has 33 nitrogen and oxygen atoms in total. The van der Waals surface area contributed by atoms with Crippen LogP contribution in [0.15, 0.2) is 42.5 Å². The lowest BCUT2D eigenvalue weighted by Gasteiger charge is -2.41. The van der Waals surface area contributed by atoms with E-state index in [4.69, 9.17) is 29.4 Å². The van der Waals surface area contributed by atoms with Crippen molar-refractivity contribution >= 4 is 101 Å². The summed E-state index contributed by atoms with van der Waals surface area (Å²) in [6.07, 6.45) is 0.318. The predicted octanol–water partition coefficient (Wildman–Crippen LogP) is 5.74. The summed E-state index contributed by atoms with van der Waals surface area (Å²) >= 11 is 1.34. The smallest absolute Gasteiger partial charge is 0.407 e. The molecule has 1 aliphatic carbocycles. The van der Waals surface area contributed by atoms with E-state index in [1.807, 2.05) is 46.4 Å². The van der Waals surface area contributed by atoms with Gasteiger partial charge in [-0.1, -0.05) is 87.3 Å². The van der Waals surface area contributed by atoms with E-state index in [0.29, 0.717) is 49.1 Å². The lowest BCUT2D eigenvalue weighted by atomic mass is 9.81. The molecule has 5 rings (SSSR count). The van der Waals surface area contributed by atoms with Gasteiger partial charge in [-0.05, 0) is 130 Å². The highest BCUT2D eigenvalue weighted by Crippen LogP contribution is 2.52. The number of halogens is 1. The van der Waals surface area contributed by atoms with E-state index >= 15 is 4.79 Å². The van der Waals surface area contributed by atoms with Crippen molar-refractivity contribution in [2.45, 2.75) is 213 Å². The lowest BCUT2D eigenvalue weighted by molar-refractivity contribution is -0.144. The number of urea groups is 1. The number of nitrogens with one attached hydrogen (secondary N) is 8. The van der Waals surface area contributed by atoms with Gasteiger partial charge in [-0.2, -0.15) is 0 Å². The normalized spacial score (nSPS) is 18.1. The number of ether oxygens (including phenoxy) is 5. The number of likely N-dealkylation sites (N-methyl/N-ethyl adjacent to an activating group) is 2. The standard InChI is InChI=1S/C80H124FN13O20S/c1-16-49(8)69(92(12)76(106)67(47(4)5)90-74(104)68(48(6)7)91(10)11)53(29-36-110-13)38-63(97)94-43-55(39-58(94)70(112-15)50(9)71(101)86-42-59(95)52-25-28-60(111-14)56(81)37-52)114-79(109)85-34-33-84-78(108)113-44-51-23-26-54(27-24-51)87-72(102)57(21-20-32-83-77(82)107)88-73(103)66(46(2)3)89-62(96)22-18-17-19-35-93-64(98)40-61(75(93)105)115-45-80(30-31-80)41-65(99)100/h23-28,37,46-50,53,55,57-58,61,66-70H,16-22,29-36,38-45H2,1-15H3,(H,84,108)(H,85,109)(H,86,101)(H,87,102)(H,88,103)(H,89,96)(H,90,104)(H,99,100)(H3,82,83,107)/t49-,50+,53+,55-,57?,58?,61?,66?,67?,68-,69-,70+/m0/s1. The molecule has 0 bridgehead atoms. The number of ketones is 1. The Labute approximate surface area is 678 Å². The molecule has 0 radical (unpaired) electrons. The molecule has 2 saturated heterocycles. The van der Waals surface area contributed by atoms with Crippen molar-refractivity contribution in [1.82, 2.24) is 56.8 Å². The largest absolute Gasteiger partial charge is 0.494 e. The Hall–Kier alpha value is -9.22. The highest BCUT2D eigenvalue weighted by Gasteiger charge is 2.49. The van der Waals surface area contributed by atoms with E-state index in [9.17, 15) is 71.8 Å². The summed E-state index contributed by atoms with van der Waals surface area (Å²) in [4.78, 5) is 193. The monoisotopic (exact) mass is 1640 g/mol. The zero-order valence-corrected chi connectivity index (χ0v) is 70.1. The number of carboxylic acids is 1. The van der Waals surface area contributed by atoms with Crippen LogP contribution >= 0.6 is 11.8 Å². The fourth-order valence-corrected chi connectivity index (χ4v) is 16.1. The van der Waals surface area contributed by atoms with Crippen LogP contribution in [0.5, 0.6) is 5.75 Å². The number of amides is 13. The molecule has 35 heteroatoms. The minimum Gasteiger partial charge on any atom is -0.494 e. The summed E-state index contributed by atoms with van der Waals surface area (Å²) in [5.41, 5.74) is 5.75. The first-order valence-corrected chi connectivity index (χ1v) is 40.7. The first-order chi connectivity index (χ1) is 54.4. The number of nitrogens with zero attached hydrogens (tertiary/aromatic N) is 4. The number of likely N-dealkylation sites (tertiary alicyclic amines) is 2. The van der Waals surface area contributed by atoms with Crippen LogP contribution in [-0.2, 0) is 73.5 Å². The molecular weight excluding hydrogens is 1510 g/mol. The van der Waals surface area contributed by atoms with Crippen LogP contribution < -0.4 is 53.0 Å². The Bertz CT molecular complexity index is 3640. The Kier molecular flexibility index (Phi) is 39.5. The maximum absolute atomic E-state index is 15.3. The van der Waals surface area contributed by atoms with Gasteiger partial charge in [0.2, 0.25) is 53.2 Å². The van der Waals surface area contributed by atoms with Crippen LogP contribution in [0.25, 0.3) is 0 Å². The second kappa shape index (κ2) is 47.1. The molecule has 115 heavy (non-hydrogen) atoms. The van der Waals surface area contributed by atoms with E-state index < -0.39 is 143 Å². The van der Waals surface area contributed by atoms with E-state index in [1.165, 1.54) is 55.0 Å². The molecular formula is C80H124FN13O20S. The number of carboxylic acid groups (broad SMARTS) is 1. The zero-order chi connectivity index (χ0) is 85.6. The number of alkyl carbamates (subject to hydrolysis) is 2. The number of carbonyl (C=O) groups is 14. The number of primary amides is 1. The molecule has 3 aliphatic rings. The summed E-state index contributed by atoms with van der Waals surface area (Å²) in [5.74, 6) is -8.29. The molecule has 11 N–H and O–H groups in total. The van der Waals surface area contributed by atoms with Crippen molar-refractivity contribution in [3.05, 3.63) is 59.4 Å². The van der Waals surface area contributed by atoms with Crippen LogP contribution in [0.1, 0.15) is 168 Å². The minimum atomic E-state index is -1.15. The lowest BCUT2D eigenvalue weighted by Crippen LogP contribution is -2.58. The third-order valence-electron chi connectivity index (χ3n) is 21.4. The van der Waals surface area contributed by atoms with Crippen LogP contribution in [0.4, 0.5) is 24.5 Å². The van der Waals surface area contributed by atoms with E-state index in [-0.39, 0.29) is 149 Å². The summed E-state index contributed by atoms with van der Waals surface area (Å²) in [5, 5.41) is 30.2. The molecule has 642 valence electrons. The number of hydrogen-bond donors (Lipinski definition) is 10. The van der Waals surface area contributed by atoms with E-state index in [2.05, 4.69) is 42.5 Å². The fourth-order valence-electron chi connectivity index (χ4n) is 14.6. The van der Waals surface area contributed by atoms with Crippen molar-refractivity contribution in [2.75, 3.05) is 99.4 Å². The molecule has 1 saturated carbocycles. The van der Waals surface area contributed by atoms with Crippen LogP contribution in [0.2, 0.25) is 0 Å². The van der Waals surface area contributed by atoms with Gasteiger partial charge in [0, 0.05) is 103 Å². The number of aliphatic carboxylic acids is 1. The van der Waals surface area contributed by atoms with Gasteiger partial charge in [0.15, 0.2) is 17.3 Å². The number of methoxy groups -OCH3 is 3. The maximum atomic E-state index is 15.3. The predicted molar refractivity (Wildman–Crippen MR) is 427 cm³/mol. The van der Waals surface area contributed by atoms with Gasteiger partial charge in [0.05, 0.1) is 56.0 Å². The third-order valence-corrected chi connectivity index (χ3v) is 22.9. The summed E-state index contributed by atoms with van der Waals surface area (Å²) in [6.45, 7) is 15.9. The summed E-state index contributed by atoms with van der Waals surface area (Å²) < 4.78 is 42.6. The van der Waals surface area contributed by atoms with Crippen molar-refractivity contribution in [1.29, 1.82) is 0 Å². The first-order valence-electron chi connectivity index (χ1n) is 39.6. The Balaban J connectivity index is 1.18. The third kappa shape index (κ3) is 30.1. The summed E-state index contributed by atoms with van der Waals surface area (Å²) in [6, 6.07) is 4.06. The Morgan fingerprint density at radius 3 is 2.00 bits per heavy atom. The molecule has 2 aromatic rings. The van der Waals surface area contributed by atoms with Crippen molar-refractivity contribution in [3.63, 3.8) is 0 Å². The number of rotatable bonds is 50. The van der Waals surface area contributed by atoms with E-state index in [1.54, 1.807) is 71.1 Å². The molecule has 3 fully saturated rings. The van der Waals surface area contributed by atoms with Gasteiger partial charge in [0.25, 0.3) is 0 Å². The van der Waals surface area contributed by atoms with Crippen molar-refractivity contribution < 1.29 is 100 Å². The molecule has 2 aliphatic heterocycles. The Morgan fingerprint density at radius 2 is 1.42 bits per heavy atom. The molecule has 13 amide bonds. The van der Waals surface area contributed by atoms with Gasteiger partial charge >= 0.3 is 24.2 Å². The maximum Gasteiger partial charge on any atom is 0.407 e. The van der Waals surface area contributed by atoms with Crippen LogP contribution in [0.3, 0.4) is 0 Å². The van der Waals surface area contributed by atoms with Gasteiger partial charge in [-0.3, -0.25) is 62.5 Å². The fraction of sp³-hybridized carbons (Fsp3) is 0.675. The van der Waals surface area contributed by atoms with Crippen LogP contribution in [-0.4, -0.2) is 256 Å². The second-order valence-corrected chi connectivity index (χ2v) is 32.7. The molecule has 5 unspecified atom stereocenters. The average Bonchev–Trinajstić information content (AvgIpc) is 1.71. The average molecular weight is 1640 g/mol. The topological polar surface area (TPSA) is 441 Å². The van der Waals surface area contributed by atoms with Crippen LogP contribution in [0, 0.1) is 46.7 Å². The van der Waals surface area contributed by atoms with Crippen molar-refractivity contribution in [3.8, 4) is 5.75 Å². The number of thioether (sulfide) groups is 1. The highest BCUT2D eigenvalue weighted by atomic mass is 32.2. The molecule has 0 aromatic heterocycles. The number of carbonyl (C=O) groups excluding carboxylic acids is 13. The molecule has 2 aromatic carbocycles. The van der Waals surface area contributed by atoms with Crippen molar-refractivity contribution in [2.24, 2.45) is 46.7 Å². The number of benzene rings is 2. The minimum absolute atomic E-state index is 0.0134. The highest BCUT2D eigenvalue weighted by molar-refractivity contribution is 8.00. The first kappa shape index (κ1) is 96.4. The van der Waals surface area contributed by atoms with Gasteiger partial charge in [-0.15, -0.1) is 11.8 Å². The summed E-state index contributed by atoms with van der Waals surface area (Å²) in [7, 11) is 9.46. The second-order valence-electron chi connectivity index (χ2n) is 31.5. The number of hydrogen-bond acceptors (Lipinski definition) is 21. The molecule has 2 heterocycles. The number of Topliss-reactive ketones (excluding diaryl/α,β-unsaturated/α-hetero) is 1. The molecule has 0 spiro atoms.